The number of benzene rings is 2. The normalized spacial score (nSPS) is 10.7. The molecule has 3 rings (SSSR count). The molecule has 0 amide bonds. The van der Waals surface area contributed by atoms with Gasteiger partial charge < -0.3 is 9.88 Å². The summed E-state index contributed by atoms with van der Waals surface area (Å²) in [6, 6.07) is 15.0. The van der Waals surface area contributed by atoms with Crippen molar-refractivity contribution >= 4 is 5.95 Å². The fourth-order valence-corrected chi connectivity index (χ4v) is 2.54. The molecule has 3 nitrogen and oxygen atoms in total. The van der Waals surface area contributed by atoms with Gasteiger partial charge in [0.1, 0.15) is 5.82 Å². The molecule has 0 spiro atoms. The zero-order chi connectivity index (χ0) is 16.2. The lowest BCUT2D eigenvalue weighted by Crippen LogP contribution is -2.05. The van der Waals surface area contributed by atoms with Crippen molar-refractivity contribution in [2.45, 2.75) is 19.9 Å². The fraction of sp³-hybridized carbons (Fsp3) is 0.211. The highest BCUT2D eigenvalue weighted by Gasteiger charge is 2.08. The van der Waals surface area contributed by atoms with Crippen LogP contribution in [0.15, 0.2) is 54.7 Å². The van der Waals surface area contributed by atoms with E-state index in [-0.39, 0.29) is 5.82 Å². The highest BCUT2D eigenvalue weighted by Crippen LogP contribution is 2.22. The second kappa shape index (κ2) is 6.65. The van der Waals surface area contributed by atoms with Crippen LogP contribution >= 0.6 is 0 Å². The van der Waals surface area contributed by atoms with Gasteiger partial charge in [-0.2, -0.15) is 0 Å². The third-order valence-electron chi connectivity index (χ3n) is 4.01. The predicted octanol–water partition coefficient (Wildman–Crippen LogP) is 4.40. The molecular weight excluding hydrogens is 289 g/mol. The number of imidazole rings is 1. The van der Waals surface area contributed by atoms with Gasteiger partial charge in [0.15, 0.2) is 0 Å². The number of nitrogens with one attached hydrogen (secondary N) is 1. The van der Waals surface area contributed by atoms with Crippen LogP contribution in [0.25, 0.3) is 11.3 Å². The summed E-state index contributed by atoms with van der Waals surface area (Å²) >= 11 is 0. The minimum absolute atomic E-state index is 0.232. The van der Waals surface area contributed by atoms with Gasteiger partial charge in [0.05, 0.1) is 11.9 Å². The van der Waals surface area contributed by atoms with E-state index in [0.29, 0.717) is 0 Å². The molecule has 0 radical (unpaired) electrons. The fourth-order valence-electron chi connectivity index (χ4n) is 2.54. The average molecular weight is 309 g/mol. The van der Waals surface area contributed by atoms with Crippen LogP contribution in [0.5, 0.6) is 0 Å². The lowest BCUT2D eigenvalue weighted by Gasteiger charge is -2.09. The molecule has 118 valence electrons. The van der Waals surface area contributed by atoms with E-state index in [1.807, 2.05) is 11.6 Å². The van der Waals surface area contributed by atoms with E-state index in [9.17, 15) is 4.39 Å². The summed E-state index contributed by atoms with van der Waals surface area (Å²) in [5.41, 5.74) is 4.45. The van der Waals surface area contributed by atoms with Gasteiger partial charge in [0.25, 0.3) is 0 Å². The van der Waals surface area contributed by atoms with Crippen LogP contribution in [0.2, 0.25) is 0 Å². The summed E-state index contributed by atoms with van der Waals surface area (Å²) in [5, 5.41) is 3.35. The first-order valence-electron chi connectivity index (χ1n) is 7.76. The Morgan fingerprint density at radius 1 is 1.00 bits per heavy atom. The van der Waals surface area contributed by atoms with E-state index < -0.39 is 0 Å². The van der Waals surface area contributed by atoms with Crippen molar-refractivity contribution in [1.29, 1.82) is 0 Å². The van der Waals surface area contributed by atoms with Crippen molar-refractivity contribution in [2.24, 2.45) is 7.05 Å². The van der Waals surface area contributed by atoms with Crippen LogP contribution in [-0.4, -0.2) is 9.55 Å². The third-order valence-corrected chi connectivity index (χ3v) is 4.01. The molecule has 3 aromatic rings. The van der Waals surface area contributed by atoms with Crippen LogP contribution in [-0.2, 0) is 20.0 Å². The van der Waals surface area contributed by atoms with Crippen LogP contribution in [0.4, 0.5) is 10.3 Å². The Morgan fingerprint density at radius 3 is 2.30 bits per heavy atom. The number of hydrogen-bond acceptors (Lipinski definition) is 2. The quantitative estimate of drug-likeness (QED) is 0.757. The van der Waals surface area contributed by atoms with E-state index in [4.69, 9.17) is 0 Å². The zero-order valence-corrected chi connectivity index (χ0v) is 13.4. The minimum Gasteiger partial charge on any atom is -0.352 e. The second-order valence-corrected chi connectivity index (χ2v) is 5.56. The van der Waals surface area contributed by atoms with Gasteiger partial charge in [-0.05, 0) is 41.8 Å². The van der Waals surface area contributed by atoms with Gasteiger partial charge in [0, 0.05) is 19.2 Å². The maximum Gasteiger partial charge on any atom is 0.203 e. The summed E-state index contributed by atoms with van der Waals surface area (Å²) in [4.78, 5) is 4.42. The van der Waals surface area contributed by atoms with Crippen LogP contribution in [0.1, 0.15) is 18.1 Å². The molecule has 4 heteroatoms. The van der Waals surface area contributed by atoms with E-state index in [2.05, 4.69) is 41.5 Å². The molecule has 0 saturated heterocycles. The molecule has 0 aliphatic heterocycles. The number of halogens is 1. The SMILES string of the molecule is CCc1ccc(CNc2ncc(-c3ccc(F)cc3)n2C)cc1. The first kappa shape index (κ1) is 15.3. The summed E-state index contributed by atoms with van der Waals surface area (Å²) in [7, 11) is 1.95. The lowest BCUT2D eigenvalue weighted by molar-refractivity contribution is 0.628. The van der Waals surface area contributed by atoms with E-state index in [0.717, 1.165) is 30.2 Å². The van der Waals surface area contributed by atoms with Crippen molar-refractivity contribution < 1.29 is 4.39 Å². The number of aryl methyl sites for hydroxylation is 1. The highest BCUT2D eigenvalue weighted by atomic mass is 19.1. The van der Waals surface area contributed by atoms with Gasteiger partial charge in [-0.3, -0.25) is 0 Å². The maximum absolute atomic E-state index is 13.0. The molecule has 23 heavy (non-hydrogen) atoms. The molecule has 0 atom stereocenters. The number of aromatic nitrogens is 2. The molecule has 0 fully saturated rings. The molecule has 1 heterocycles. The molecule has 0 bridgehead atoms. The molecular formula is C19H20FN3. The van der Waals surface area contributed by atoms with Gasteiger partial charge >= 0.3 is 0 Å². The Kier molecular flexibility index (Phi) is 4.42. The topological polar surface area (TPSA) is 29.9 Å². The summed E-state index contributed by atoms with van der Waals surface area (Å²) < 4.78 is 15.0. The number of anilines is 1. The van der Waals surface area contributed by atoms with Gasteiger partial charge in [-0.15, -0.1) is 0 Å². The monoisotopic (exact) mass is 309 g/mol. The summed E-state index contributed by atoms with van der Waals surface area (Å²) in [5.74, 6) is 0.564. The van der Waals surface area contributed by atoms with Gasteiger partial charge in [-0.25, -0.2) is 9.37 Å². The van der Waals surface area contributed by atoms with E-state index in [1.165, 1.54) is 23.3 Å². The lowest BCUT2D eigenvalue weighted by atomic mass is 10.1. The second-order valence-electron chi connectivity index (χ2n) is 5.56. The molecule has 0 saturated carbocycles. The Morgan fingerprint density at radius 2 is 1.65 bits per heavy atom. The Hall–Kier alpha value is -2.62. The molecule has 0 unspecified atom stereocenters. The number of rotatable bonds is 5. The summed E-state index contributed by atoms with van der Waals surface area (Å²) in [6.07, 6.45) is 2.85. The molecule has 2 aromatic carbocycles. The molecule has 1 aromatic heterocycles. The van der Waals surface area contributed by atoms with Gasteiger partial charge in [-0.1, -0.05) is 31.2 Å². The minimum atomic E-state index is -0.232. The highest BCUT2D eigenvalue weighted by molar-refractivity contribution is 5.61. The van der Waals surface area contributed by atoms with Crippen molar-refractivity contribution in [3.63, 3.8) is 0 Å². The Balaban J connectivity index is 1.72. The van der Waals surface area contributed by atoms with Gasteiger partial charge in [0.2, 0.25) is 5.95 Å². The van der Waals surface area contributed by atoms with Crippen molar-refractivity contribution in [2.75, 3.05) is 5.32 Å². The molecule has 1 N–H and O–H groups in total. The van der Waals surface area contributed by atoms with E-state index in [1.54, 1.807) is 18.3 Å². The van der Waals surface area contributed by atoms with Crippen molar-refractivity contribution in [1.82, 2.24) is 9.55 Å². The molecule has 0 aliphatic rings. The average Bonchev–Trinajstić information content (AvgIpc) is 2.95. The number of nitrogens with zero attached hydrogens (tertiary/aromatic N) is 2. The van der Waals surface area contributed by atoms with Crippen molar-refractivity contribution in [3.05, 3.63) is 71.7 Å². The first-order valence-corrected chi connectivity index (χ1v) is 7.76. The smallest absolute Gasteiger partial charge is 0.203 e. The predicted molar refractivity (Wildman–Crippen MR) is 91.7 cm³/mol. The van der Waals surface area contributed by atoms with E-state index >= 15 is 0 Å². The standard InChI is InChI=1S/C19H20FN3/c1-3-14-4-6-15(7-5-14)12-21-19-22-13-18(23(19)2)16-8-10-17(20)11-9-16/h4-11,13H,3,12H2,1-2H3,(H,21,22). The Labute approximate surface area is 135 Å². The zero-order valence-electron chi connectivity index (χ0n) is 13.4. The van der Waals surface area contributed by atoms with Crippen LogP contribution < -0.4 is 5.32 Å². The Bertz CT molecular complexity index is 773. The largest absolute Gasteiger partial charge is 0.352 e. The summed E-state index contributed by atoms with van der Waals surface area (Å²) in [6.45, 7) is 2.87. The first-order chi connectivity index (χ1) is 11.2. The van der Waals surface area contributed by atoms with Crippen LogP contribution in [0, 0.1) is 5.82 Å². The number of hydrogen-bond donors (Lipinski definition) is 1. The maximum atomic E-state index is 13.0. The van der Waals surface area contributed by atoms with Crippen molar-refractivity contribution in [3.8, 4) is 11.3 Å². The molecule has 0 aliphatic carbocycles. The van der Waals surface area contributed by atoms with Crippen LogP contribution in [0.3, 0.4) is 0 Å². The third kappa shape index (κ3) is 3.42.